The average molecular weight is 413 g/mol. The Kier molecular flexibility index (Phi) is 4.69. The van der Waals surface area contributed by atoms with E-state index in [1.165, 1.54) is 0 Å². The molecule has 1 aromatic heterocycles. The summed E-state index contributed by atoms with van der Waals surface area (Å²) in [6, 6.07) is 26.6. The van der Waals surface area contributed by atoms with Crippen LogP contribution < -0.4 is 5.32 Å². The molecule has 1 amide bonds. The predicted molar refractivity (Wildman–Crippen MR) is 120 cm³/mol. The number of hydrogen-bond donors (Lipinski definition) is 1. The number of carbonyl (C=O) groups excluding carboxylic acids is 1. The molecule has 0 saturated carbocycles. The van der Waals surface area contributed by atoms with Gasteiger partial charge in [0.15, 0.2) is 11.5 Å². The molecule has 30 heavy (non-hydrogen) atoms. The molecule has 4 aromatic carbocycles. The highest BCUT2D eigenvalue weighted by atomic mass is 35.5. The zero-order valence-corrected chi connectivity index (χ0v) is 16.7. The Morgan fingerprint density at radius 2 is 1.73 bits per heavy atom. The van der Waals surface area contributed by atoms with E-state index in [9.17, 15) is 4.79 Å². The van der Waals surface area contributed by atoms with Gasteiger partial charge in [-0.15, -0.1) is 0 Å². The lowest BCUT2D eigenvalue weighted by molar-refractivity contribution is 0.102. The van der Waals surface area contributed by atoms with Crippen LogP contribution in [0.15, 0.2) is 89.3 Å². The van der Waals surface area contributed by atoms with Gasteiger partial charge in [0.05, 0.1) is 0 Å². The van der Waals surface area contributed by atoms with Crippen molar-refractivity contribution in [2.45, 2.75) is 6.42 Å². The first kappa shape index (κ1) is 18.4. The van der Waals surface area contributed by atoms with Gasteiger partial charge in [-0.3, -0.25) is 4.79 Å². The third kappa shape index (κ3) is 3.65. The van der Waals surface area contributed by atoms with E-state index in [0.29, 0.717) is 39.7 Å². The van der Waals surface area contributed by atoms with Crippen molar-refractivity contribution in [2.24, 2.45) is 0 Å². The Morgan fingerprint density at radius 3 is 2.60 bits per heavy atom. The number of oxazole rings is 1. The summed E-state index contributed by atoms with van der Waals surface area (Å²) in [5.41, 5.74) is 3.76. The minimum absolute atomic E-state index is 0.156. The fourth-order valence-electron chi connectivity index (χ4n) is 3.53. The second kappa shape index (κ2) is 7.65. The van der Waals surface area contributed by atoms with E-state index >= 15 is 0 Å². The van der Waals surface area contributed by atoms with Crippen molar-refractivity contribution in [3.63, 3.8) is 0 Å². The van der Waals surface area contributed by atoms with Gasteiger partial charge in [-0.25, -0.2) is 4.98 Å². The van der Waals surface area contributed by atoms with Crippen molar-refractivity contribution in [2.75, 3.05) is 5.32 Å². The zero-order chi connectivity index (χ0) is 20.5. The first-order valence-corrected chi connectivity index (χ1v) is 9.96. The van der Waals surface area contributed by atoms with E-state index in [-0.39, 0.29) is 5.91 Å². The number of halogens is 1. The summed E-state index contributed by atoms with van der Waals surface area (Å²) in [5.74, 6) is 0.459. The number of carbonyl (C=O) groups is 1. The van der Waals surface area contributed by atoms with Gasteiger partial charge in [-0.05, 0) is 52.7 Å². The van der Waals surface area contributed by atoms with Crippen LogP contribution in [0.1, 0.15) is 21.8 Å². The number of nitrogens with one attached hydrogen (secondary N) is 1. The van der Waals surface area contributed by atoms with Gasteiger partial charge in [0, 0.05) is 22.7 Å². The molecule has 0 aliphatic carbocycles. The fraction of sp³-hybridized carbons (Fsp3) is 0.0400. The second-order valence-electron chi connectivity index (χ2n) is 7.07. The Balaban J connectivity index is 1.39. The smallest absolute Gasteiger partial charge is 0.256 e. The fourth-order valence-corrected chi connectivity index (χ4v) is 3.65. The van der Waals surface area contributed by atoms with Crippen LogP contribution in [0.3, 0.4) is 0 Å². The molecule has 0 aliphatic heterocycles. The first-order chi connectivity index (χ1) is 14.7. The third-order valence-electron chi connectivity index (χ3n) is 4.99. The number of hydrogen-bond acceptors (Lipinski definition) is 3. The van der Waals surface area contributed by atoms with E-state index in [0.717, 1.165) is 16.3 Å². The lowest BCUT2D eigenvalue weighted by Crippen LogP contribution is -2.12. The maximum Gasteiger partial charge on any atom is 0.256 e. The summed E-state index contributed by atoms with van der Waals surface area (Å²) >= 11 is 5.94. The van der Waals surface area contributed by atoms with Crippen LogP contribution in [0.2, 0.25) is 5.02 Å². The molecule has 0 radical (unpaired) electrons. The van der Waals surface area contributed by atoms with Crippen molar-refractivity contribution in [1.82, 2.24) is 4.98 Å². The van der Waals surface area contributed by atoms with Crippen LogP contribution in [0, 0.1) is 0 Å². The molecular formula is C25H17ClN2O2. The number of nitrogens with zero attached hydrogens (tertiary/aromatic N) is 1. The number of aromatic nitrogens is 1. The van der Waals surface area contributed by atoms with Gasteiger partial charge in [0.2, 0.25) is 0 Å². The molecule has 0 fully saturated rings. The molecule has 5 rings (SSSR count). The molecule has 0 atom stereocenters. The molecule has 146 valence electrons. The van der Waals surface area contributed by atoms with E-state index < -0.39 is 0 Å². The van der Waals surface area contributed by atoms with Crippen molar-refractivity contribution < 1.29 is 9.21 Å². The summed E-state index contributed by atoms with van der Waals surface area (Å²) in [7, 11) is 0. The predicted octanol–water partition coefficient (Wildman–Crippen LogP) is 6.48. The molecule has 1 heterocycles. The summed E-state index contributed by atoms with van der Waals surface area (Å²) in [6.07, 6.45) is 0.573. The molecule has 1 N–H and O–H groups in total. The monoisotopic (exact) mass is 412 g/mol. The molecule has 0 spiro atoms. The minimum Gasteiger partial charge on any atom is -0.440 e. The van der Waals surface area contributed by atoms with Crippen LogP contribution in [0.4, 0.5) is 5.69 Å². The van der Waals surface area contributed by atoms with E-state index in [4.69, 9.17) is 16.0 Å². The maximum atomic E-state index is 12.9. The zero-order valence-electron chi connectivity index (χ0n) is 15.9. The molecule has 0 unspecified atom stereocenters. The van der Waals surface area contributed by atoms with Crippen LogP contribution in [-0.4, -0.2) is 10.9 Å². The Bertz CT molecular complexity index is 1370. The molecule has 0 aliphatic rings. The van der Waals surface area contributed by atoms with Crippen LogP contribution >= 0.6 is 11.6 Å². The van der Waals surface area contributed by atoms with Crippen LogP contribution in [0.5, 0.6) is 0 Å². The summed E-state index contributed by atoms with van der Waals surface area (Å²) < 4.78 is 5.85. The molecule has 0 saturated heterocycles. The van der Waals surface area contributed by atoms with Gasteiger partial charge in [0.25, 0.3) is 5.91 Å². The minimum atomic E-state index is -0.156. The van der Waals surface area contributed by atoms with Crippen molar-refractivity contribution in [3.05, 3.63) is 107 Å². The topological polar surface area (TPSA) is 55.1 Å². The largest absolute Gasteiger partial charge is 0.440 e. The number of fused-ring (bicyclic) bond motifs is 2. The van der Waals surface area contributed by atoms with Gasteiger partial charge in [0.1, 0.15) is 5.52 Å². The molecule has 4 nitrogen and oxygen atoms in total. The van der Waals surface area contributed by atoms with E-state index in [1.54, 1.807) is 0 Å². The van der Waals surface area contributed by atoms with Crippen molar-refractivity contribution in [1.29, 1.82) is 0 Å². The highest BCUT2D eigenvalue weighted by Gasteiger charge is 2.12. The van der Waals surface area contributed by atoms with E-state index in [2.05, 4.69) is 10.3 Å². The van der Waals surface area contributed by atoms with Gasteiger partial charge in [-0.1, -0.05) is 60.1 Å². The molecular weight excluding hydrogens is 396 g/mol. The summed E-state index contributed by atoms with van der Waals surface area (Å²) in [6.45, 7) is 0. The standard InChI is InChI=1S/C25H17ClN2O2/c26-18-10-8-16(9-11-18)14-24-28-22-15-19(12-13-23(22)30-24)27-25(29)21-7-3-5-17-4-1-2-6-20(17)21/h1-13,15H,14H2,(H,27,29). The highest BCUT2D eigenvalue weighted by molar-refractivity contribution is 6.30. The number of benzene rings is 4. The van der Waals surface area contributed by atoms with Gasteiger partial charge < -0.3 is 9.73 Å². The Hall–Kier alpha value is -3.63. The first-order valence-electron chi connectivity index (χ1n) is 9.59. The SMILES string of the molecule is O=C(Nc1ccc2oc(Cc3ccc(Cl)cc3)nc2c1)c1cccc2ccccc12. The lowest BCUT2D eigenvalue weighted by atomic mass is 10.0. The third-order valence-corrected chi connectivity index (χ3v) is 5.24. The molecule has 0 bridgehead atoms. The average Bonchev–Trinajstić information content (AvgIpc) is 3.16. The van der Waals surface area contributed by atoms with Crippen LogP contribution in [-0.2, 0) is 6.42 Å². The Labute approximate surface area is 178 Å². The van der Waals surface area contributed by atoms with Crippen molar-refractivity contribution >= 4 is 45.1 Å². The van der Waals surface area contributed by atoms with Gasteiger partial charge >= 0.3 is 0 Å². The molecule has 5 aromatic rings. The van der Waals surface area contributed by atoms with Gasteiger partial charge in [-0.2, -0.15) is 0 Å². The van der Waals surface area contributed by atoms with Crippen LogP contribution in [0.25, 0.3) is 21.9 Å². The number of anilines is 1. The normalized spacial score (nSPS) is 11.1. The second-order valence-corrected chi connectivity index (χ2v) is 7.51. The maximum absolute atomic E-state index is 12.9. The highest BCUT2D eigenvalue weighted by Crippen LogP contribution is 2.24. The van der Waals surface area contributed by atoms with Crippen molar-refractivity contribution in [3.8, 4) is 0 Å². The summed E-state index contributed by atoms with van der Waals surface area (Å²) in [4.78, 5) is 17.4. The quantitative estimate of drug-likeness (QED) is 0.367. The number of rotatable bonds is 4. The molecule has 5 heteroatoms. The lowest BCUT2D eigenvalue weighted by Gasteiger charge is -2.08. The Morgan fingerprint density at radius 1 is 0.933 bits per heavy atom. The summed E-state index contributed by atoms with van der Waals surface area (Å²) in [5, 5.41) is 5.62. The van der Waals surface area contributed by atoms with E-state index in [1.807, 2.05) is 84.9 Å². The number of amides is 1.